The van der Waals surface area contributed by atoms with Gasteiger partial charge in [-0.2, -0.15) is 0 Å². The molecule has 0 atom stereocenters. The summed E-state index contributed by atoms with van der Waals surface area (Å²) in [4.78, 5) is 12.2. The minimum absolute atomic E-state index is 0.0860. The molecule has 4 aromatic rings. The number of methoxy groups -OCH3 is 1. The van der Waals surface area contributed by atoms with Gasteiger partial charge in [0.15, 0.2) is 10.5 Å². The van der Waals surface area contributed by atoms with Crippen LogP contribution < -0.4 is 4.74 Å². The van der Waals surface area contributed by atoms with Crippen LogP contribution in [0, 0.1) is 11.7 Å². The first-order valence-corrected chi connectivity index (χ1v) is 11.2. The Balaban J connectivity index is 1.68. The van der Waals surface area contributed by atoms with Crippen molar-refractivity contribution in [2.45, 2.75) is 13.5 Å². The maximum Gasteiger partial charge on any atom is 0.197 e. The molecule has 1 aromatic carbocycles. The van der Waals surface area contributed by atoms with Crippen molar-refractivity contribution >= 4 is 23.2 Å². The van der Waals surface area contributed by atoms with Crippen LogP contribution in [-0.2, 0) is 6.54 Å². The average Bonchev–Trinajstić information content (AvgIpc) is 3.45. The van der Waals surface area contributed by atoms with Crippen molar-refractivity contribution in [3.05, 3.63) is 46.6 Å². The summed E-state index contributed by atoms with van der Waals surface area (Å²) in [5.41, 5.74) is 2.99. The van der Waals surface area contributed by atoms with E-state index in [9.17, 15) is 5.11 Å². The lowest BCUT2D eigenvalue weighted by Gasteiger charge is -2.32. The number of phenols is 1. The normalized spacial score (nSPS) is 15.4. The average molecular weight is 467 g/mol. The van der Waals surface area contributed by atoms with E-state index in [0.717, 1.165) is 37.3 Å². The van der Waals surface area contributed by atoms with Crippen LogP contribution >= 0.6 is 12.2 Å². The number of fused-ring (bicyclic) bond motifs is 1. The third kappa shape index (κ3) is 4.03. The Hall–Kier alpha value is -3.14. The van der Waals surface area contributed by atoms with Crippen molar-refractivity contribution in [2.24, 2.45) is 0 Å². The van der Waals surface area contributed by atoms with Crippen LogP contribution in [0.3, 0.4) is 0 Å². The quantitative estimate of drug-likeness (QED) is 0.413. The zero-order valence-electron chi connectivity index (χ0n) is 18.8. The molecular formula is C24H26N4O4S. The molecule has 0 amide bonds. The molecule has 4 heterocycles. The fraction of sp³-hybridized carbons (Fsp3) is 0.333. The number of furan rings is 2. The number of H-pyrrole nitrogens is 1. The highest BCUT2D eigenvalue weighted by atomic mass is 32.1. The second-order valence-electron chi connectivity index (χ2n) is 8.37. The Labute approximate surface area is 196 Å². The van der Waals surface area contributed by atoms with Crippen molar-refractivity contribution < 1.29 is 18.7 Å². The maximum atomic E-state index is 11.5. The molecule has 0 bridgehead atoms. The highest BCUT2D eigenvalue weighted by Gasteiger charge is 2.26. The molecule has 0 spiro atoms. The second-order valence-corrected chi connectivity index (χ2v) is 8.76. The third-order valence-corrected chi connectivity index (χ3v) is 6.32. The Bertz CT molecular complexity index is 1360. The smallest absolute Gasteiger partial charge is 0.197 e. The number of rotatable bonds is 5. The number of aryl methyl sites for hydroxylation is 1. The lowest BCUT2D eigenvalue weighted by molar-refractivity contribution is 0.147. The van der Waals surface area contributed by atoms with Gasteiger partial charge in [-0.05, 0) is 50.5 Å². The number of likely N-dealkylation sites (N-methyl/N-ethyl adjacent to an activating group) is 1. The van der Waals surface area contributed by atoms with Gasteiger partial charge in [0, 0.05) is 32.7 Å². The van der Waals surface area contributed by atoms with Gasteiger partial charge in [-0.25, -0.2) is 4.98 Å². The van der Waals surface area contributed by atoms with E-state index >= 15 is 0 Å². The van der Waals surface area contributed by atoms with Crippen molar-refractivity contribution in [1.82, 2.24) is 19.8 Å². The summed E-state index contributed by atoms with van der Waals surface area (Å²) < 4.78 is 17.6. The van der Waals surface area contributed by atoms with E-state index < -0.39 is 0 Å². The zero-order chi connectivity index (χ0) is 23.1. The molecule has 0 unspecified atom stereocenters. The van der Waals surface area contributed by atoms with Crippen molar-refractivity contribution in [1.29, 1.82) is 0 Å². The summed E-state index contributed by atoms with van der Waals surface area (Å²) in [5, 5.41) is 12.3. The summed E-state index contributed by atoms with van der Waals surface area (Å²) in [5.74, 6) is 2.01. The minimum Gasteiger partial charge on any atom is -0.507 e. The fourth-order valence-corrected chi connectivity index (χ4v) is 4.55. The van der Waals surface area contributed by atoms with Crippen molar-refractivity contribution in [2.75, 3.05) is 40.3 Å². The SMILES string of the molecule is COc1c(-c2cc(-c3ccc(C)o3)[nH]c(=S)n2)c(O)c(CN2CCN(C)CC2)c2occc12. The predicted octanol–water partition coefficient (Wildman–Crippen LogP) is 4.58. The first-order chi connectivity index (χ1) is 15.9. The molecule has 5 rings (SSSR count). The Morgan fingerprint density at radius 2 is 2.00 bits per heavy atom. The van der Waals surface area contributed by atoms with Gasteiger partial charge in [-0.3, -0.25) is 4.90 Å². The largest absolute Gasteiger partial charge is 0.507 e. The lowest BCUT2D eigenvalue weighted by Crippen LogP contribution is -2.43. The Kier molecular flexibility index (Phi) is 5.69. The molecule has 1 saturated heterocycles. The number of hydrogen-bond acceptors (Lipinski definition) is 8. The van der Waals surface area contributed by atoms with Gasteiger partial charge in [0.1, 0.15) is 22.8 Å². The van der Waals surface area contributed by atoms with Gasteiger partial charge in [0.05, 0.1) is 41.3 Å². The van der Waals surface area contributed by atoms with E-state index in [1.54, 1.807) is 13.4 Å². The van der Waals surface area contributed by atoms with Crippen LogP contribution in [-0.4, -0.2) is 65.2 Å². The van der Waals surface area contributed by atoms with E-state index in [0.29, 0.717) is 46.2 Å². The summed E-state index contributed by atoms with van der Waals surface area (Å²) in [7, 11) is 3.69. The number of aromatic nitrogens is 2. The molecule has 2 N–H and O–H groups in total. The maximum absolute atomic E-state index is 11.5. The van der Waals surface area contributed by atoms with Crippen molar-refractivity contribution in [3.63, 3.8) is 0 Å². The molecule has 9 heteroatoms. The van der Waals surface area contributed by atoms with E-state index in [1.165, 1.54) is 0 Å². The monoisotopic (exact) mass is 466 g/mol. The highest BCUT2D eigenvalue weighted by Crippen LogP contribution is 2.47. The first kappa shape index (κ1) is 21.7. The first-order valence-electron chi connectivity index (χ1n) is 10.8. The van der Waals surface area contributed by atoms with Crippen LogP contribution in [0.4, 0.5) is 0 Å². The van der Waals surface area contributed by atoms with Crippen LogP contribution in [0.5, 0.6) is 11.5 Å². The van der Waals surface area contributed by atoms with E-state index in [4.69, 9.17) is 25.8 Å². The summed E-state index contributed by atoms with van der Waals surface area (Å²) in [6.45, 7) is 6.22. The molecule has 1 fully saturated rings. The summed E-state index contributed by atoms with van der Waals surface area (Å²) in [6, 6.07) is 7.42. The van der Waals surface area contributed by atoms with E-state index in [2.05, 4.69) is 26.8 Å². The van der Waals surface area contributed by atoms with Gasteiger partial charge in [0.25, 0.3) is 0 Å². The molecule has 1 aliphatic rings. The number of phenolic OH excluding ortho intramolecular Hbond substituents is 1. The minimum atomic E-state index is 0.0860. The van der Waals surface area contributed by atoms with Gasteiger partial charge < -0.3 is 28.6 Å². The number of aromatic amines is 1. The second kappa shape index (κ2) is 8.66. The molecule has 1 aliphatic heterocycles. The number of nitrogens with one attached hydrogen (secondary N) is 1. The molecule has 3 aromatic heterocycles. The third-order valence-electron chi connectivity index (χ3n) is 6.12. The fourth-order valence-electron chi connectivity index (χ4n) is 4.35. The number of nitrogens with zero attached hydrogens (tertiary/aromatic N) is 3. The van der Waals surface area contributed by atoms with Crippen LogP contribution in [0.1, 0.15) is 11.3 Å². The summed E-state index contributed by atoms with van der Waals surface area (Å²) >= 11 is 5.41. The molecular weight excluding hydrogens is 440 g/mol. The van der Waals surface area contributed by atoms with Crippen LogP contribution in [0.25, 0.3) is 33.7 Å². The van der Waals surface area contributed by atoms with E-state index in [1.807, 2.05) is 31.2 Å². The van der Waals surface area contributed by atoms with Gasteiger partial charge >= 0.3 is 0 Å². The van der Waals surface area contributed by atoms with Crippen LogP contribution in [0.15, 0.2) is 39.4 Å². The number of hydrogen-bond donors (Lipinski definition) is 2. The van der Waals surface area contributed by atoms with Crippen LogP contribution in [0.2, 0.25) is 0 Å². The molecule has 172 valence electrons. The van der Waals surface area contributed by atoms with E-state index in [-0.39, 0.29) is 10.5 Å². The van der Waals surface area contributed by atoms with Gasteiger partial charge in [-0.15, -0.1) is 0 Å². The molecule has 8 nitrogen and oxygen atoms in total. The molecule has 33 heavy (non-hydrogen) atoms. The predicted molar refractivity (Wildman–Crippen MR) is 128 cm³/mol. The topological polar surface area (TPSA) is 90.9 Å². The molecule has 0 aliphatic carbocycles. The van der Waals surface area contributed by atoms with Gasteiger partial charge in [-0.1, -0.05) is 0 Å². The number of aromatic hydroxyl groups is 1. The standard InChI is InChI=1S/C24H26N4O4S/c1-14-4-5-19(32-14)17-12-18(26-24(33)25-17)20-21(29)16(13-28-9-7-27(2)8-10-28)22-15(6-11-31-22)23(20)30-3/h4-6,11-12,29H,7-10,13H2,1-3H3,(H,25,26,33). The van der Waals surface area contributed by atoms with Gasteiger partial charge in [0.2, 0.25) is 0 Å². The molecule has 0 radical (unpaired) electrons. The number of piperazine rings is 1. The Morgan fingerprint density at radius 1 is 1.21 bits per heavy atom. The zero-order valence-corrected chi connectivity index (χ0v) is 19.7. The summed E-state index contributed by atoms with van der Waals surface area (Å²) in [6.07, 6.45) is 1.62. The lowest BCUT2D eigenvalue weighted by atomic mass is 9.99. The highest BCUT2D eigenvalue weighted by molar-refractivity contribution is 7.71. The number of ether oxygens (including phenoxy) is 1. The number of benzene rings is 1. The Morgan fingerprint density at radius 3 is 2.70 bits per heavy atom. The van der Waals surface area contributed by atoms with Crippen molar-refractivity contribution in [3.8, 4) is 34.2 Å². The molecule has 0 saturated carbocycles.